The number of benzene rings is 1. The zero-order chi connectivity index (χ0) is 22.9. The van der Waals surface area contributed by atoms with Crippen LogP contribution in [-0.4, -0.2) is 65.6 Å². The Morgan fingerprint density at radius 1 is 1.15 bits per heavy atom. The molecule has 3 aromatic rings. The Morgan fingerprint density at radius 3 is 2.55 bits per heavy atom. The van der Waals surface area contributed by atoms with Gasteiger partial charge in [-0.25, -0.2) is 4.98 Å². The molecule has 0 radical (unpaired) electrons. The molecule has 3 heterocycles. The minimum atomic E-state index is -0.139. The number of amides is 1. The van der Waals surface area contributed by atoms with E-state index >= 15 is 0 Å². The van der Waals surface area contributed by atoms with E-state index in [0.29, 0.717) is 17.2 Å². The molecule has 1 amide bonds. The van der Waals surface area contributed by atoms with Crippen molar-refractivity contribution in [1.82, 2.24) is 19.9 Å². The van der Waals surface area contributed by atoms with Gasteiger partial charge >= 0.3 is 0 Å². The number of likely N-dealkylation sites (N-methyl/N-ethyl adjacent to an activating group) is 1. The Morgan fingerprint density at radius 2 is 1.88 bits per heavy atom. The van der Waals surface area contributed by atoms with Crippen LogP contribution < -0.4 is 5.32 Å². The quantitative estimate of drug-likeness (QED) is 0.583. The van der Waals surface area contributed by atoms with E-state index < -0.39 is 0 Å². The second-order valence-electron chi connectivity index (χ2n) is 9.82. The Bertz CT molecular complexity index is 1130. The highest BCUT2D eigenvalue weighted by molar-refractivity contribution is 6.12. The lowest BCUT2D eigenvalue weighted by molar-refractivity contribution is 0.102. The molecule has 2 aromatic heterocycles. The zero-order valence-electron chi connectivity index (χ0n) is 19.8. The van der Waals surface area contributed by atoms with Gasteiger partial charge in [-0.05, 0) is 56.0 Å². The van der Waals surface area contributed by atoms with Crippen LogP contribution in [0.1, 0.15) is 65.8 Å². The average Bonchev–Trinajstić information content (AvgIpc) is 3.57. The average molecular weight is 448 g/mol. The normalized spacial score (nSPS) is 17.7. The summed E-state index contributed by atoms with van der Waals surface area (Å²) in [6, 6.07) is 10.1. The molecule has 2 aliphatic rings. The van der Waals surface area contributed by atoms with Crippen LogP contribution in [0.25, 0.3) is 11.1 Å². The molecule has 1 N–H and O–H groups in total. The predicted molar refractivity (Wildman–Crippen MR) is 130 cm³/mol. The maximum absolute atomic E-state index is 13.3. The maximum Gasteiger partial charge on any atom is 0.259 e. The Kier molecular flexibility index (Phi) is 6.17. The number of nitrogens with one attached hydrogen (secondary N) is 1. The molecular formula is C26H33N5O2. The lowest BCUT2D eigenvalue weighted by Gasteiger charge is -2.32. The molecule has 33 heavy (non-hydrogen) atoms. The number of carbonyl (C=O) groups excluding carboxylic acids is 1. The molecule has 1 aliphatic heterocycles. The van der Waals surface area contributed by atoms with Gasteiger partial charge in [0.05, 0.1) is 16.6 Å². The predicted octanol–water partition coefficient (Wildman–Crippen LogP) is 4.27. The molecule has 7 heteroatoms. The topological polar surface area (TPSA) is 74.5 Å². The van der Waals surface area contributed by atoms with Crippen molar-refractivity contribution in [2.24, 2.45) is 0 Å². The van der Waals surface area contributed by atoms with Crippen molar-refractivity contribution in [2.75, 3.05) is 45.1 Å². The van der Waals surface area contributed by atoms with Crippen molar-refractivity contribution in [3.05, 3.63) is 52.8 Å². The Balaban J connectivity index is 1.29. The zero-order valence-corrected chi connectivity index (χ0v) is 19.8. The van der Waals surface area contributed by atoms with Crippen LogP contribution >= 0.6 is 0 Å². The van der Waals surface area contributed by atoms with Gasteiger partial charge in [0, 0.05) is 50.0 Å². The maximum atomic E-state index is 13.3. The van der Waals surface area contributed by atoms with Crippen LogP contribution in [0.5, 0.6) is 0 Å². The molecule has 1 saturated carbocycles. The number of hydrogen-bond acceptors (Lipinski definition) is 6. The third kappa shape index (κ3) is 4.94. The fraction of sp³-hybridized carbons (Fsp3) is 0.500. The van der Waals surface area contributed by atoms with Crippen LogP contribution in [0.15, 0.2) is 34.9 Å². The molecular weight excluding hydrogens is 414 g/mol. The number of nitrogens with zero attached hydrogens (tertiary/aromatic N) is 4. The molecule has 0 bridgehead atoms. The molecule has 2 fully saturated rings. The second-order valence-corrected chi connectivity index (χ2v) is 9.82. The minimum absolute atomic E-state index is 0.139. The smallest absolute Gasteiger partial charge is 0.259 e. The number of aromatic nitrogens is 2. The number of hydrogen-bond donors (Lipinski definition) is 1. The number of carbonyl (C=O) groups is 1. The first-order valence-electron chi connectivity index (χ1n) is 12.1. The van der Waals surface area contributed by atoms with E-state index in [0.717, 1.165) is 74.4 Å². The van der Waals surface area contributed by atoms with Gasteiger partial charge in [0.15, 0.2) is 0 Å². The third-order valence-electron chi connectivity index (χ3n) is 6.80. The molecule has 5 rings (SSSR count). The highest BCUT2D eigenvalue weighted by atomic mass is 16.5. The van der Waals surface area contributed by atoms with Gasteiger partial charge in [0.25, 0.3) is 11.6 Å². The fourth-order valence-electron chi connectivity index (χ4n) is 4.47. The standard InChI is InChI=1S/C26H33N5O2/c1-17(2)24-23-21(16-22(19-6-7-19)28-26(23)33-29-24)25(32)27-20-8-4-18(5-9-20)10-11-31-14-12-30(3)13-15-31/h4-5,8-9,16-17,19H,6-7,10-15H2,1-3H3,(H,27,32). The van der Waals surface area contributed by atoms with Gasteiger partial charge < -0.3 is 19.6 Å². The molecule has 0 atom stereocenters. The van der Waals surface area contributed by atoms with Crippen molar-refractivity contribution >= 4 is 22.7 Å². The fourth-order valence-corrected chi connectivity index (χ4v) is 4.47. The SMILES string of the molecule is CC(C)c1noc2nc(C3CC3)cc(C(=O)Nc3ccc(CCN4CCN(C)CC4)cc3)c12. The highest BCUT2D eigenvalue weighted by Crippen LogP contribution is 2.41. The van der Waals surface area contributed by atoms with Gasteiger partial charge in [0.1, 0.15) is 0 Å². The number of pyridine rings is 1. The van der Waals surface area contributed by atoms with Crippen molar-refractivity contribution in [3.8, 4) is 0 Å². The van der Waals surface area contributed by atoms with E-state index in [2.05, 4.69) is 58.3 Å². The summed E-state index contributed by atoms with van der Waals surface area (Å²) in [6.45, 7) is 9.72. The summed E-state index contributed by atoms with van der Waals surface area (Å²) in [5.74, 6) is 0.429. The van der Waals surface area contributed by atoms with Crippen LogP contribution in [-0.2, 0) is 6.42 Å². The summed E-state index contributed by atoms with van der Waals surface area (Å²) in [6.07, 6.45) is 3.24. The lowest BCUT2D eigenvalue weighted by atomic mass is 10.0. The highest BCUT2D eigenvalue weighted by Gasteiger charge is 2.29. The van der Waals surface area contributed by atoms with Crippen molar-refractivity contribution < 1.29 is 9.32 Å². The van der Waals surface area contributed by atoms with Crippen LogP contribution in [0.2, 0.25) is 0 Å². The number of anilines is 1. The first kappa shape index (κ1) is 22.0. The van der Waals surface area contributed by atoms with Crippen LogP contribution in [0.3, 0.4) is 0 Å². The van der Waals surface area contributed by atoms with Crippen LogP contribution in [0.4, 0.5) is 5.69 Å². The van der Waals surface area contributed by atoms with Crippen molar-refractivity contribution in [3.63, 3.8) is 0 Å². The summed E-state index contributed by atoms with van der Waals surface area (Å²) < 4.78 is 5.52. The van der Waals surface area contributed by atoms with E-state index in [1.54, 1.807) is 0 Å². The first-order valence-corrected chi connectivity index (χ1v) is 12.1. The molecule has 1 aliphatic carbocycles. The lowest BCUT2D eigenvalue weighted by Crippen LogP contribution is -2.45. The summed E-state index contributed by atoms with van der Waals surface area (Å²) in [5, 5.41) is 8.03. The first-order chi connectivity index (χ1) is 16.0. The summed E-state index contributed by atoms with van der Waals surface area (Å²) in [7, 11) is 2.18. The molecule has 7 nitrogen and oxygen atoms in total. The Labute approximate surface area is 195 Å². The van der Waals surface area contributed by atoms with Gasteiger partial charge in [-0.1, -0.05) is 31.1 Å². The second kappa shape index (κ2) is 9.23. The van der Waals surface area contributed by atoms with Crippen LogP contribution in [0, 0.1) is 0 Å². The molecule has 174 valence electrons. The molecule has 0 spiro atoms. The van der Waals surface area contributed by atoms with E-state index in [9.17, 15) is 4.79 Å². The van der Waals surface area contributed by atoms with Gasteiger partial charge in [-0.3, -0.25) is 4.79 Å². The van der Waals surface area contributed by atoms with Gasteiger partial charge in [-0.15, -0.1) is 0 Å². The van der Waals surface area contributed by atoms with E-state index in [4.69, 9.17) is 4.52 Å². The number of rotatable bonds is 7. The van der Waals surface area contributed by atoms with Gasteiger partial charge in [-0.2, -0.15) is 0 Å². The van der Waals surface area contributed by atoms with Gasteiger partial charge in [0.2, 0.25) is 0 Å². The van der Waals surface area contributed by atoms with Crippen molar-refractivity contribution in [1.29, 1.82) is 0 Å². The minimum Gasteiger partial charge on any atom is -0.335 e. The number of piperazine rings is 1. The largest absolute Gasteiger partial charge is 0.335 e. The molecule has 1 saturated heterocycles. The monoisotopic (exact) mass is 447 g/mol. The van der Waals surface area contributed by atoms with E-state index in [-0.39, 0.29) is 11.8 Å². The Hall–Kier alpha value is -2.77. The summed E-state index contributed by atoms with van der Waals surface area (Å²) >= 11 is 0. The van der Waals surface area contributed by atoms with Crippen molar-refractivity contribution in [2.45, 2.75) is 44.9 Å². The molecule has 1 aromatic carbocycles. The number of fused-ring (bicyclic) bond motifs is 1. The third-order valence-corrected chi connectivity index (χ3v) is 6.80. The van der Waals surface area contributed by atoms with E-state index in [1.807, 2.05) is 18.2 Å². The summed E-state index contributed by atoms with van der Waals surface area (Å²) in [4.78, 5) is 22.9. The molecule has 0 unspecified atom stereocenters. The summed E-state index contributed by atoms with van der Waals surface area (Å²) in [5.41, 5.74) is 4.86. The van der Waals surface area contributed by atoms with E-state index in [1.165, 1.54) is 5.56 Å².